The first-order chi connectivity index (χ1) is 10.4. The van der Waals surface area contributed by atoms with Crippen molar-refractivity contribution in [3.63, 3.8) is 0 Å². The molecule has 0 bridgehead atoms. The van der Waals surface area contributed by atoms with Crippen molar-refractivity contribution in [3.8, 4) is 0 Å². The molecule has 2 N–H and O–H groups in total. The Balaban J connectivity index is 1.88. The summed E-state index contributed by atoms with van der Waals surface area (Å²) in [6.07, 6.45) is 5.75. The summed E-state index contributed by atoms with van der Waals surface area (Å²) in [5.74, 6) is 0.871. The Hall–Kier alpha value is -2.50. The van der Waals surface area contributed by atoms with Gasteiger partial charge in [0.1, 0.15) is 0 Å². The molecule has 0 spiro atoms. The van der Waals surface area contributed by atoms with Crippen molar-refractivity contribution < 1.29 is 0 Å². The molecule has 21 heavy (non-hydrogen) atoms. The number of hydrogen-bond acceptors (Lipinski definition) is 5. The highest BCUT2D eigenvalue weighted by Crippen LogP contribution is 2.38. The maximum Gasteiger partial charge on any atom is 0.224 e. The summed E-state index contributed by atoms with van der Waals surface area (Å²) in [4.78, 5) is 13.7. The SMILES string of the molecule is CCNc1nc(C2CCc3cccnc32)c2cn[nH]c2n1. The van der Waals surface area contributed by atoms with E-state index in [0.717, 1.165) is 41.8 Å². The third-order valence-corrected chi connectivity index (χ3v) is 3.96. The van der Waals surface area contributed by atoms with Gasteiger partial charge < -0.3 is 5.32 Å². The van der Waals surface area contributed by atoms with Crippen LogP contribution >= 0.6 is 0 Å². The van der Waals surface area contributed by atoms with Crippen molar-refractivity contribution in [3.05, 3.63) is 41.5 Å². The lowest BCUT2D eigenvalue weighted by molar-refractivity contribution is 0.751. The fraction of sp³-hybridized carbons (Fsp3) is 0.333. The zero-order valence-electron chi connectivity index (χ0n) is 11.8. The van der Waals surface area contributed by atoms with E-state index in [9.17, 15) is 0 Å². The monoisotopic (exact) mass is 280 g/mol. The molecule has 4 rings (SSSR count). The van der Waals surface area contributed by atoms with Crippen molar-refractivity contribution >= 4 is 17.0 Å². The Bertz CT molecular complexity index is 794. The van der Waals surface area contributed by atoms with E-state index < -0.39 is 0 Å². The number of nitrogens with one attached hydrogen (secondary N) is 2. The molecule has 0 aliphatic heterocycles. The Morgan fingerprint density at radius 3 is 3.19 bits per heavy atom. The maximum atomic E-state index is 4.72. The highest BCUT2D eigenvalue weighted by Gasteiger charge is 2.28. The quantitative estimate of drug-likeness (QED) is 0.769. The van der Waals surface area contributed by atoms with Crippen LogP contribution in [0.15, 0.2) is 24.5 Å². The molecule has 6 heteroatoms. The van der Waals surface area contributed by atoms with Crippen LogP contribution in [0.3, 0.4) is 0 Å². The normalized spacial score (nSPS) is 17.1. The Morgan fingerprint density at radius 2 is 2.29 bits per heavy atom. The van der Waals surface area contributed by atoms with E-state index in [2.05, 4.69) is 31.5 Å². The van der Waals surface area contributed by atoms with Crippen LogP contribution < -0.4 is 5.32 Å². The van der Waals surface area contributed by atoms with Gasteiger partial charge in [-0.25, -0.2) is 4.98 Å². The lowest BCUT2D eigenvalue weighted by atomic mass is 10.00. The first-order valence-electron chi connectivity index (χ1n) is 7.25. The van der Waals surface area contributed by atoms with E-state index in [1.807, 2.05) is 19.2 Å². The first-order valence-corrected chi connectivity index (χ1v) is 7.25. The molecule has 3 heterocycles. The van der Waals surface area contributed by atoms with Gasteiger partial charge in [-0.15, -0.1) is 0 Å². The number of aromatic nitrogens is 5. The van der Waals surface area contributed by atoms with Gasteiger partial charge in [0.05, 0.1) is 23.0 Å². The molecule has 3 aromatic heterocycles. The number of nitrogens with zero attached hydrogens (tertiary/aromatic N) is 4. The molecule has 0 radical (unpaired) electrons. The van der Waals surface area contributed by atoms with Gasteiger partial charge in [0.2, 0.25) is 5.95 Å². The number of fused-ring (bicyclic) bond motifs is 2. The summed E-state index contributed by atoms with van der Waals surface area (Å²) in [5, 5.41) is 11.2. The fourth-order valence-electron chi connectivity index (χ4n) is 3.04. The van der Waals surface area contributed by atoms with Gasteiger partial charge in [0.25, 0.3) is 0 Å². The lowest BCUT2D eigenvalue weighted by Gasteiger charge is -2.12. The second-order valence-electron chi connectivity index (χ2n) is 5.23. The number of aryl methyl sites for hydroxylation is 1. The van der Waals surface area contributed by atoms with Crippen LogP contribution in [-0.2, 0) is 6.42 Å². The standard InChI is InChI=1S/C15H16N6/c1-2-16-15-19-13(11-8-18-21-14(11)20-15)10-6-5-9-4-3-7-17-12(9)10/h3-4,7-8,10H,2,5-6H2,1H3,(H2,16,18,19,20,21). The minimum atomic E-state index is 0.224. The summed E-state index contributed by atoms with van der Waals surface area (Å²) < 4.78 is 0. The Labute approximate surface area is 122 Å². The topological polar surface area (TPSA) is 79.4 Å². The number of hydrogen-bond donors (Lipinski definition) is 2. The highest BCUT2D eigenvalue weighted by atomic mass is 15.2. The van der Waals surface area contributed by atoms with Crippen LogP contribution in [0.25, 0.3) is 11.0 Å². The van der Waals surface area contributed by atoms with Gasteiger partial charge in [-0.1, -0.05) is 6.07 Å². The fourth-order valence-corrected chi connectivity index (χ4v) is 3.04. The Kier molecular flexibility index (Phi) is 2.80. The summed E-state index contributed by atoms with van der Waals surface area (Å²) in [6.45, 7) is 2.82. The molecule has 3 aromatic rings. The smallest absolute Gasteiger partial charge is 0.224 e. The zero-order valence-corrected chi connectivity index (χ0v) is 11.8. The van der Waals surface area contributed by atoms with Crippen molar-refractivity contribution in [2.75, 3.05) is 11.9 Å². The third-order valence-electron chi connectivity index (χ3n) is 3.96. The largest absolute Gasteiger partial charge is 0.354 e. The molecule has 0 saturated heterocycles. The van der Waals surface area contributed by atoms with Crippen molar-refractivity contribution in [1.82, 2.24) is 25.1 Å². The van der Waals surface area contributed by atoms with Crippen LogP contribution in [0.5, 0.6) is 0 Å². The molecule has 1 aliphatic rings. The molecule has 0 fully saturated rings. The maximum absolute atomic E-state index is 4.72. The molecule has 0 amide bonds. The van der Waals surface area contributed by atoms with Gasteiger partial charge in [-0.3, -0.25) is 10.1 Å². The number of aromatic amines is 1. The van der Waals surface area contributed by atoms with Crippen molar-refractivity contribution in [2.45, 2.75) is 25.7 Å². The van der Waals surface area contributed by atoms with Crippen LogP contribution in [0, 0.1) is 0 Å². The zero-order chi connectivity index (χ0) is 14.2. The molecular formula is C15H16N6. The molecular weight excluding hydrogens is 264 g/mol. The van der Waals surface area contributed by atoms with E-state index in [1.165, 1.54) is 5.56 Å². The second kappa shape index (κ2) is 4.80. The predicted octanol–water partition coefficient (Wildman–Crippen LogP) is 2.26. The summed E-state index contributed by atoms with van der Waals surface area (Å²) >= 11 is 0. The predicted molar refractivity (Wildman–Crippen MR) is 80.2 cm³/mol. The third kappa shape index (κ3) is 1.94. The van der Waals surface area contributed by atoms with E-state index in [-0.39, 0.29) is 5.92 Å². The van der Waals surface area contributed by atoms with Crippen LogP contribution in [0.4, 0.5) is 5.95 Å². The molecule has 1 atom stereocenters. The van der Waals surface area contributed by atoms with Gasteiger partial charge in [-0.05, 0) is 31.4 Å². The van der Waals surface area contributed by atoms with Crippen LogP contribution in [0.2, 0.25) is 0 Å². The average Bonchev–Trinajstić information content (AvgIpc) is 3.13. The summed E-state index contributed by atoms with van der Waals surface area (Å²) in [6, 6.07) is 4.15. The number of H-pyrrole nitrogens is 1. The molecule has 106 valence electrons. The first kappa shape index (κ1) is 12.3. The van der Waals surface area contributed by atoms with Gasteiger partial charge in [0, 0.05) is 18.7 Å². The minimum absolute atomic E-state index is 0.224. The van der Waals surface area contributed by atoms with E-state index in [1.54, 1.807) is 6.20 Å². The summed E-state index contributed by atoms with van der Waals surface area (Å²) in [7, 11) is 0. The highest BCUT2D eigenvalue weighted by molar-refractivity contribution is 5.79. The van der Waals surface area contributed by atoms with E-state index >= 15 is 0 Å². The molecule has 0 aromatic carbocycles. The Morgan fingerprint density at radius 1 is 1.33 bits per heavy atom. The molecule has 1 unspecified atom stereocenters. The minimum Gasteiger partial charge on any atom is -0.354 e. The number of rotatable bonds is 3. The number of pyridine rings is 1. The van der Waals surface area contributed by atoms with E-state index in [4.69, 9.17) is 4.98 Å². The van der Waals surface area contributed by atoms with Gasteiger partial charge >= 0.3 is 0 Å². The van der Waals surface area contributed by atoms with Crippen molar-refractivity contribution in [1.29, 1.82) is 0 Å². The molecule has 1 aliphatic carbocycles. The van der Waals surface area contributed by atoms with Crippen LogP contribution in [0.1, 0.15) is 36.2 Å². The number of anilines is 1. The van der Waals surface area contributed by atoms with Gasteiger partial charge in [0.15, 0.2) is 5.65 Å². The van der Waals surface area contributed by atoms with Crippen LogP contribution in [-0.4, -0.2) is 31.7 Å². The average molecular weight is 280 g/mol. The van der Waals surface area contributed by atoms with Crippen molar-refractivity contribution in [2.24, 2.45) is 0 Å². The van der Waals surface area contributed by atoms with Gasteiger partial charge in [-0.2, -0.15) is 10.1 Å². The lowest BCUT2D eigenvalue weighted by Crippen LogP contribution is -2.08. The molecule has 0 saturated carbocycles. The molecule has 6 nitrogen and oxygen atoms in total. The summed E-state index contributed by atoms with van der Waals surface area (Å²) in [5.41, 5.74) is 4.26. The van der Waals surface area contributed by atoms with E-state index in [0.29, 0.717) is 5.95 Å². The second-order valence-corrected chi connectivity index (χ2v) is 5.23.